The van der Waals surface area contributed by atoms with Crippen LogP contribution in [0.25, 0.3) is 5.69 Å². The highest BCUT2D eigenvalue weighted by molar-refractivity contribution is 7.99. The number of nitrogens with zero attached hydrogens (tertiary/aromatic N) is 5. The summed E-state index contributed by atoms with van der Waals surface area (Å²) in [6.45, 7) is 4.85. The highest BCUT2D eigenvalue weighted by atomic mass is 32.2. The third-order valence-electron chi connectivity index (χ3n) is 3.40. The summed E-state index contributed by atoms with van der Waals surface area (Å²) in [5.41, 5.74) is 0.865. The smallest absolute Gasteiger partial charge is 0.233 e. The zero-order valence-corrected chi connectivity index (χ0v) is 15.1. The number of para-hydroxylation sites is 1. The average molecular weight is 371 g/mol. The van der Waals surface area contributed by atoms with Gasteiger partial charge in [-0.3, -0.25) is 4.79 Å². The molecule has 0 atom stereocenters. The van der Waals surface area contributed by atoms with Gasteiger partial charge >= 0.3 is 0 Å². The van der Waals surface area contributed by atoms with E-state index in [0.29, 0.717) is 18.2 Å². The summed E-state index contributed by atoms with van der Waals surface area (Å²) in [5, 5.41) is 14.3. The van der Waals surface area contributed by atoms with E-state index in [1.807, 2.05) is 47.8 Å². The van der Waals surface area contributed by atoms with Gasteiger partial charge in [-0.15, -0.1) is 23.0 Å². The molecular weight excluding hydrogens is 354 g/mol. The zero-order chi connectivity index (χ0) is 17.5. The Morgan fingerprint density at radius 2 is 2.12 bits per heavy atom. The Morgan fingerprint density at radius 1 is 1.28 bits per heavy atom. The Morgan fingerprint density at radius 3 is 2.84 bits per heavy atom. The van der Waals surface area contributed by atoms with E-state index in [0.717, 1.165) is 10.6 Å². The van der Waals surface area contributed by atoms with Crippen LogP contribution in [0.1, 0.15) is 4.88 Å². The molecule has 0 aliphatic heterocycles. The van der Waals surface area contributed by atoms with Crippen LogP contribution in [0.4, 0.5) is 0 Å². The van der Waals surface area contributed by atoms with Gasteiger partial charge in [0, 0.05) is 11.4 Å². The van der Waals surface area contributed by atoms with Crippen molar-refractivity contribution < 1.29 is 4.79 Å². The van der Waals surface area contributed by atoms with E-state index in [-0.39, 0.29) is 11.7 Å². The summed E-state index contributed by atoms with van der Waals surface area (Å²) in [5.74, 6) is 0.299. The van der Waals surface area contributed by atoms with Crippen molar-refractivity contribution in [2.24, 2.45) is 0 Å². The maximum atomic E-state index is 12.6. The van der Waals surface area contributed by atoms with Gasteiger partial charge in [-0.2, -0.15) is 4.68 Å². The Bertz CT molecular complexity index is 817. The van der Waals surface area contributed by atoms with E-state index >= 15 is 0 Å². The first-order valence-corrected chi connectivity index (χ1v) is 9.52. The quantitative estimate of drug-likeness (QED) is 0.450. The molecule has 0 saturated heterocycles. The van der Waals surface area contributed by atoms with Crippen LogP contribution in [0.5, 0.6) is 0 Å². The van der Waals surface area contributed by atoms with E-state index in [1.165, 1.54) is 11.8 Å². The number of aromatic nitrogens is 4. The Labute approximate surface area is 154 Å². The molecule has 25 heavy (non-hydrogen) atoms. The zero-order valence-electron chi connectivity index (χ0n) is 13.5. The van der Waals surface area contributed by atoms with Crippen LogP contribution in [0.15, 0.2) is 65.7 Å². The fraction of sp³-hybridized carbons (Fsp3) is 0.176. The number of thioether (sulfide) groups is 1. The van der Waals surface area contributed by atoms with Crippen LogP contribution in [-0.4, -0.2) is 43.3 Å². The number of hydrogen-bond acceptors (Lipinski definition) is 6. The lowest BCUT2D eigenvalue weighted by molar-refractivity contribution is -0.128. The number of benzene rings is 1. The van der Waals surface area contributed by atoms with Gasteiger partial charge in [0.05, 0.1) is 18.0 Å². The summed E-state index contributed by atoms with van der Waals surface area (Å²) in [4.78, 5) is 15.5. The monoisotopic (exact) mass is 371 g/mol. The molecule has 0 radical (unpaired) electrons. The lowest BCUT2D eigenvalue weighted by atomic mass is 10.3. The van der Waals surface area contributed by atoms with Gasteiger partial charge in [0.25, 0.3) is 0 Å². The molecule has 1 aromatic carbocycles. The second kappa shape index (κ2) is 8.59. The van der Waals surface area contributed by atoms with E-state index in [2.05, 4.69) is 22.1 Å². The number of rotatable bonds is 8. The second-order valence-electron chi connectivity index (χ2n) is 5.14. The number of hydrogen-bond donors (Lipinski definition) is 0. The molecule has 0 aliphatic carbocycles. The predicted molar refractivity (Wildman–Crippen MR) is 99.8 cm³/mol. The molecule has 0 N–H and O–H groups in total. The number of thiophene rings is 1. The Balaban J connectivity index is 1.65. The molecule has 2 heterocycles. The van der Waals surface area contributed by atoms with Crippen LogP contribution >= 0.6 is 23.1 Å². The van der Waals surface area contributed by atoms with E-state index in [9.17, 15) is 4.79 Å². The molecule has 0 aliphatic rings. The minimum Gasteiger partial charge on any atom is -0.333 e. The van der Waals surface area contributed by atoms with E-state index in [4.69, 9.17) is 0 Å². The third-order valence-corrected chi connectivity index (χ3v) is 5.16. The lowest BCUT2D eigenvalue weighted by Gasteiger charge is -2.20. The van der Waals surface area contributed by atoms with Gasteiger partial charge in [-0.05, 0) is 34.0 Å². The predicted octanol–water partition coefficient (Wildman–Crippen LogP) is 3.03. The highest BCUT2D eigenvalue weighted by Crippen LogP contribution is 2.19. The van der Waals surface area contributed by atoms with Gasteiger partial charge in [0.2, 0.25) is 11.1 Å². The van der Waals surface area contributed by atoms with Crippen LogP contribution in [-0.2, 0) is 11.3 Å². The lowest BCUT2D eigenvalue weighted by Crippen LogP contribution is -2.31. The Hall–Kier alpha value is -2.45. The largest absolute Gasteiger partial charge is 0.333 e. The minimum atomic E-state index is 0.0286. The fourth-order valence-corrected chi connectivity index (χ4v) is 3.73. The van der Waals surface area contributed by atoms with Gasteiger partial charge in [0.15, 0.2) is 0 Å². The molecule has 0 spiro atoms. The molecule has 8 heteroatoms. The second-order valence-corrected chi connectivity index (χ2v) is 7.11. The molecule has 0 saturated carbocycles. The van der Waals surface area contributed by atoms with Crippen molar-refractivity contribution in [3.05, 3.63) is 65.4 Å². The summed E-state index contributed by atoms with van der Waals surface area (Å²) >= 11 is 2.97. The van der Waals surface area contributed by atoms with Crippen molar-refractivity contribution in [2.45, 2.75) is 11.7 Å². The van der Waals surface area contributed by atoms with Gasteiger partial charge in [0.1, 0.15) is 0 Å². The topological polar surface area (TPSA) is 63.9 Å². The van der Waals surface area contributed by atoms with Crippen molar-refractivity contribution >= 4 is 29.0 Å². The summed E-state index contributed by atoms with van der Waals surface area (Å²) in [7, 11) is 0. The van der Waals surface area contributed by atoms with Crippen LogP contribution in [0.3, 0.4) is 0 Å². The van der Waals surface area contributed by atoms with Crippen LogP contribution in [0, 0.1) is 0 Å². The molecule has 1 amide bonds. The maximum Gasteiger partial charge on any atom is 0.233 e. The van der Waals surface area contributed by atoms with Gasteiger partial charge in [-0.1, -0.05) is 42.1 Å². The molecule has 3 aromatic rings. The molecule has 2 aromatic heterocycles. The number of carbonyl (C=O) groups excluding carboxylic acids is 1. The Kier molecular flexibility index (Phi) is 5.97. The fourth-order valence-electron chi connectivity index (χ4n) is 2.22. The third kappa shape index (κ3) is 4.55. The van der Waals surface area contributed by atoms with Crippen molar-refractivity contribution in [3.63, 3.8) is 0 Å². The number of amides is 1. The first-order valence-electron chi connectivity index (χ1n) is 7.65. The number of tetrazole rings is 1. The SMILES string of the molecule is C=CCN(Cc1cccs1)C(=O)CSc1nnnn1-c1ccccc1. The molecule has 0 unspecified atom stereocenters. The molecule has 0 fully saturated rings. The molecule has 128 valence electrons. The molecule has 0 bridgehead atoms. The van der Waals surface area contributed by atoms with Crippen LogP contribution in [0.2, 0.25) is 0 Å². The summed E-state index contributed by atoms with van der Waals surface area (Å²) in [6.07, 6.45) is 1.74. The van der Waals surface area contributed by atoms with Gasteiger partial charge in [-0.25, -0.2) is 0 Å². The first kappa shape index (κ1) is 17.4. The summed E-state index contributed by atoms with van der Waals surface area (Å²) in [6, 6.07) is 13.6. The van der Waals surface area contributed by atoms with Crippen molar-refractivity contribution in [3.8, 4) is 5.69 Å². The van der Waals surface area contributed by atoms with Gasteiger partial charge < -0.3 is 4.90 Å². The van der Waals surface area contributed by atoms with Crippen molar-refractivity contribution in [1.82, 2.24) is 25.1 Å². The highest BCUT2D eigenvalue weighted by Gasteiger charge is 2.16. The summed E-state index contributed by atoms with van der Waals surface area (Å²) < 4.78 is 1.63. The van der Waals surface area contributed by atoms with E-state index in [1.54, 1.807) is 27.0 Å². The van der Waals surface area contributed by atoms with Crippen LogP contribution < -0.4 is 0 Å². The van der Waals surface area contributed by atoms with Crippen molar-refractivity contribution in [1.29, 1.82) is 0 Å². The standard InChI is InChI=1S/C17H17N5OS2/c1-2-10-21(12-15-9-6-11-24-15)16(23)13-25-17-18-19-20-22(17)14-7-4-3-5-8-14/h2-9,11H,1,10,12-13H2. The van der Waals surface area contributed by atoms with E-state index < -0.39 is 0 Å². The first-order chi connectivity index (χ1) is 12.3. The minimum absolute atomic E-state index is 0.0286. The molecular formula is C17H17N5OS2. The average Bonchev–Trinajstić information content (AvgIpc) is 3.31. The van der Waals surface area contributed by atoms with Crippen molar-refractivity contribution in [2.75, 3.05) is 12.3 Å². The molecule has 6 nitrogen and oxygen atoms in total. The molecule has 3 rings (SSSR count). The number of carbonyl (C=O) groups is 1. The normalized spacial score (nSPS) is 10.6. The maximum absolute atomic E-state index is 12.6.